The highest BCUT2D eigenvalue weighted by molar-refractivity contribution is 5.89. The third-order valence-electron chi connectivity index (χ3n) is 5.88. The summed E-state index contributed by atoms with van der Waals surface area (Å²) in [6.07, 6.45) is 4.20. The molecule has 0 aromatic heterocycles. The number of hydrogen-bond donors (Lipinski definition) is 3. The van der Waals surface area contributed by atoms with Gasteiger partial charge in [0.1, 0.15) is 5.54 Å². The molecular formula is C15H26N2O3. The van der Waals surface area contributed by atoms with Crippen LogP contribution in [0.5, 0.6) is 0 Å². The maximum absolute atomic E-state index is 12.7. The van der Waals surface area contributed by atoms with E-state index < -0.39 is 11.6 Å². The van der Waals surface area contributed by atoms with Crippen LogP contribution in [0.4, 0.5) is 0 Å². The monoisotopic (exact) mass is 282 g/mol. The fraction of sp³-hybridized carbons (Fsp3) is 0.933. The molecule has 4 N–H and O–H groups in total. The van der Waals surface area contributed by atoms with Crippen molar-refractivity contribution in [2.75, 3.05) is 6.61 Å². The molecule has 5 heteroatoms. The molecule has 2 saturated carbocycles. The van der Waals surface area contributed by atoms with Crippen LogP contribution in [-0.4, -0.2) is 41.4 Å². The summed E-state index contributed by atoms with van der Waals surface area (Å²) in [5.74, 6) is -0.00145. The summed E-state index contributed by atoms with van der Waals surface area (Å²) in [6.45, 7) is 4.71. The predicted octanol–water partition coefficient (Wildman–Crippen LogP) is 0.549. The van der Waals surface area contributed by atoms with Crippen LogP contribution in [0.1, 0.15) is 46.0 Å². The van der Waals surface area contributed by atoms with Crippen molar-refractivity contribution < 1.29 is 14.6 Å². The summed E-state index contributed by atoms with van der Waals surface area (Å²) in [5, 5.41) is 13.0. The maximum atomic E-state index is 12.7. The normalized spacial score (nSPS) is 46.4. The number of carbonyl (C=O) groups is 1. The smallest absolute Gasteiger partial charge is 0.241 e. The first-order valence-corrected chi connectivity index (χ1v) is 7.78. The minimum atomic E-state index is -0.870. The fourth-order valence-corrected chi connectivity index (χ4v) is 4.41. The van der Waals surface area contributed by atoms with Gasteiger partial charge in [0, 0.05) is 17.9 Å². The SMILES string of the molecule is CC1(C)C2OCCC2C1(N)C(=O)NC1CCCCC1O. The standard InChI is InChI=1S/C15H26N2O3/c1-14(2)12-9(7-8-20-12)15(14,16)13(19)17-10-5-3-4-6-11(10)18/h9-12,18H,3-8,16H2,1-2H3,(H,17,19). The van der Waals surface area contributed by atoms with Crippen LogP contribution in [0.2, 0.25) is 0 Å². The van der Waals surface area contributed by atoms with Crippen molar-refractivity contribution in [3.8, 4) is 0 Å². The quantitative estimate of drug-likeness (QED) is 0.690. The van der Waals surface area contributed by atoms with Crippen molar-refractivity contribution in [2.45, 2.75) is 69.7 Å². The van der Waals surface area contributed by atoms with Crippen molar-refractivity contribution in [1.29, 1.82) is 0 Å². The molecule has 5 atom stereocenters. The van der Waals surface area contributed by atoms with Gasteiger partial charge in [0.05, 0.1) is 18.2 Å². The van der Waals surface area contributed by atoms with Gasteiger partial charge in [-0.2, -0.15) is 0 Å². The van der Waals surface area contributed by atoms with Gasteiger partial charge in [0.15, 0.2) is 0 Å². The molecule has 0 radical (unpaired) electrons. The van der Waals surface area contributed by atoms with Gasteiger partial charge in [-0.05, 0) is 19.3 Å². The lowest BCUT2D eigenvalue weighted by atomic mass is 9.48. The molecular weight excluding hydrogens is 256 g/mol. The zero-order valence-corrected chi connectivity index (χ0v) is 12.4. The molecule has 1 aliphatic heterocycles. The molecule has 5 unspecified atom stereocenters. The number of aliphatic hydroxyl groups excluding tert-OH is 1. The average molecular weight is 282 g/mol. The van der Waals surface area contributed by atoms with Crippen LogP contribution in [0.3, 0.4) is 0 Å². The lowest BCUT2D eigenvalue weighted by Crippen LogP contribution is -2.80. The van der Waals surface area contributed by atoms with Crippen LogP contribution in [0, 0.1) is 11.3 Å². The molecule has 3 aliphatic rings. The van der Waals surface area contributed by atoms with Crippen LogP contribution >= 0.6 is 0 Å². The Morgan fingerprint density at radius 3 is 2.70 bits per heavy atom. The molecule has 0 bridgehead atoms. The molecule has 20 heavy (non-hydrogen) atoms. The third-order valence-corrected chi connectivity index (χ3v) is 5.88. The number of carbonyl (C=O) groups excluding carboxylic acids is 1. The van der Waals surface area contributed by atoms with Crippen LogP contribution < -0.4 is 11.1 Å². The Balaban J connectivity index is 1.73. The highest BCUT2D eigenvalue weighted by atomic mass is 16.5. The second-order valence-electron chi connectivity index (χ2n) is 7.21. The number of nitrogens with two attached hydrogens (primary N) is 1. The second-order valence-corrected chi connectivity index (χ2v) is 7.21. The summed E-state index contributed by atoms with van der Waals surface area (Å²) >= 11 is 0. The number of ether oxygens (including phenoxy) is 1. The molecule has 5 nitrogen and oxygen atoms in total. The van der Waals surface area contributed by atoms with Gasteiger partial charge < -0.3 is 20.9 Å². The molecule has 1 saturated heterocycles. The van der Waals surface area contributed by atoms with E-state index in [4.69, 9.17) is 10.5 Å². The van der Waals surface area contributed by atoms with Gasteiger partial charge >= 0.3 is 0 Å². The zero-order valence-electron chi connectivity index (χ0n) is 12.4. The summed E-state index contributed by atoms with van der Waals surface area (Å²) in [5.41, 5.74) is 5.28. The van der Waals surface area contributed by atoms with Crippen molar-refractivity contribution in [2.24, 2.45) is 17.1 Å². The summed E-state index contributed by atoms with van der Waals surface area (Å²) < 4.78 is 5.71. The average Bonchev–Trinajstić information content (AvgIpc) is 2.88. The number of fused-ring (bicyclic) bond motifs is 1. The van der Waals surface area contributed by atoms with E-state index in [0.29, 0.717) is 6.61 Å². The molecule has 1 amide bonds. The second kappa shape index (κ2) is 4.68. The molecule has 114 valence electrons. The van der Waals surface area contributed by atoms with E-state index in [1.807, 2.05) is 13.8 Å². The zero-order chi connectivity index (χ0) is 14.5. The number of amides is 1. The van der Waals surface area contributed by atoms with Gasteiger partial charge in [-0.15, -0.1) is 0 Å². The van der Waals surface area contributed by atoms with E-state index in [2.05, 4.69) is 5.32 Å². The van der Waals surface area contributed by atoms with Gasteiger partial charge in [0.2, 0.25) is 5.91 Å². The van der Waals surface area contributed by atoms with Crippen LogP contribution in [0.25, 0.3) is 0 Å². The minimum Gasteiger partial charge on any atom is -0.391 e. The van der Waals surface area contributed by atoms with E-state index in [-0.39, 0.29) is 29.4 Å². The first-order chi connectivity index (χ1) is 9.39. The first-order valence-electron chi connectivity index (χ1n) is 7.78. The predicted molar refractivity (Wildman–Crippen MR) is 75.0 cm³/mol. The molecule has 3 rings (SSSR count). The Kier molecular flexibility index (Phi) is 3.35. The Bertz CT molecular complexity index is 412. The largest absolute Gasteiger partial charge is 0.391 e. The molecule has 1 heterocycles. The fourth-order valence-electron chi connectivity index (χ4n) is 4.41. The Labute approximate surface area is 120 Å². The van der Waals surface area contributed by atoms with E-state index in [1.54, 1.807) is 0 Å². The number of nitrogens with one attached hydrogen (secondary N) is 1. The van der Waals surface area contributed by atoms with E-state index in [1.165, 1.54) is 0 Å². The van der Waals surface area contributed by atoms with Crippen molar-refractivity contribution >= 4 is 5.91 Å². The molecule has 3 fully saturated rings. The van der Waals surface area contributed by atoms with Crippen molar-refractivity contribution in [3.63, 3.8) is 0 Å². The molecule has 0 spiro atoms. The number of rotatable bonds is 2. The highest BCUT2D eigenvalue weighted by Gasteiger charge is 2.71. The summed E-state index contributed by atoms with van der Waals surface area (Å²) in [6, 6.07) is -0.145. The van der Waals surface area contributed by atoms with Crippen molar-refractivity contribution in [1.82, 2.24) is 5.32 Å². The Morgan fingerprint density at radius 1 is 1.30 bits per heavy atom. The van der Waals surface area contributed by atoms with Gasteiger partial charge in [-0.25, -0.2) is 0 Å². The highest BCUT2D eigenvalue weighted by Crippen LogP contribution is 2.58. The molecule has 2 aliphatic carbocycles. The summed E-state index contributed by atoms with van der Waals surface area (Å²) in [4.78, 5) is 12.7. The van der Waals surface area contributed by atoms with E-state index in [9.17, 15) is 9.90 Å². The van der Waals surface area contributed by atoms with Crippen LogP contribution in [-0.2, 0) is 9.53 Å². The van der Waals surface area contributed by atoms with Crippen LogP contribution in [0.15, 0.2) is 0 Å². The summed E-state index contributed by atoms with van der Waals surface area (Å²) in [7, 11) is 0. The lowest BCUT2D eigenvalue weighted by molar-refractivity contribution is -0.176. The first kappa shape index (κ1) is 14.3. The van der Waals surface area contributed by atoms with E-state index in [0.717, 1.165) is 32.1 Å². The molecule has 0 aromatic rings. The van der Waals surface area contributed by atoms with Gasteiger partial charge in [0.25, 0.3) is 0 Å². The van der Waals surface area contributed by atoms with Gasteiger partial charge in [-0.1, -0.05) is 26.7 Å². The van der Waals surface area contributed by atoms with Crippen molar-refractivity contribution in [3.05, 3.63) is 0 Å². The lowest BCUT2D eigenvalue weighted by Gasteiger charge is -2.61. The topological polar surface area (TPSA) is 84.6 Å². The van der Waals surface area contributed by atoms with E-state index >= 15 is 0 Å². The Morgan fingerprint density at radius 2 is 2.00 bits per heavy atom. The maximum Gasteiger partial charge on any atom is 0.241 e. The minimum absolute atomic E-state index is 0.0922. The molecule has 0 aromatic carbocycles. The number of aliphatic hydroxyl groups is 1. The van der Waals surface area contributed by atoms with Gasteiger partial charge in [-0.3, -0.25) is 4.79 Å². The third kappa shape index (κ3) is 1.76. The number of hydrogen-bond acceptors (Lipinski definition) is 4. The Hall–Kier alpha value is -0.650.